The van der Waals surface area contributed by atoms with Gasteiger partial charge in [0.1, 0.15) is 0 Å². The van der Waals surface area contributed by atoms with E-state index in [9.17, 15) is 4.79 Å². The highest BCUT2D eigenvalue weighted by atomic mass is 16.2. The van der Waals surface area contributed by atoms with Crippen LogP contribution in [0.25, 0.3) is 0 Å². The summed E-state index contributed by atoms with van der Waals surface area (Å²) in [6.45, 7) is 14.0. The Morgan fingerprint density at radius 2 is 1.62 bits per heavy atom. The van der Waals surface area contributed by atoms with Crippen molar-refractivity contribution in [2.75, 3.05) is 33.2 Å². The molecule has 1 N–H and O–H groups in total. The second-order valence-corrected chi connectivity index (χ2v) is 5.13. The Morgan fingerprint density at radius 3 is 2.00 bits per heavy atom. The standard InChI is InChI=1S/C12H27N3O/c1-7-15(8-2)10-9-14(6)11(16)13-12(3,4)5/h7-10H2,1-6H3,(H,13,16). The maximum Gasteiger partial charge on any atom is 0.317 e. The average molecular weight is 229 g/mol. The minimum atomic E-state index is -0.166. The van der Waals surface area contributed by atoms with Gasteiger partial charge in [0, 0.05) is 25.7 Å². The van der Waals surface area contributed by atoms with E-state index in [-0.39, 0.29) is 11.6 Å². The second kappa shape index (κ2) is 6.74. The highest BCUT2D eigenvalue weighted by Crippen LogP contribution is 2.00. The predicted octanol–water partition coefficient (Wildman–Crippen LogP) is 1.77. The zero-order valence-electron chi connectivity index (χ0n) is 11.6. The lowest BCUT2D eigenvalue weighted by atomic mass is 10.1. The fourth-order valence-corrected chi connectivity index (χ4v) is 1.35. The molecule has 0 aliphatic rings. The molecule has 4 nitrogen and oxygen atoms in total. The maximum absolute atomic E-state index is 11.7. The number of nitrogens with one attached hydrogen (secondary N) is 1. The van der Waals surface area contributed by atoms with Gasteiger partial charge in [-0.3, -0.25) is 0 Å². The minimum Gasteiger partial charge on any atom is -0.333 e. The van der Waals surface area contributed by atoms with Gasteiger partial charge in [0.05, 0.1) is 0 Å². The molecule has 2 amide bonds. The first-order chi connectivity index (χ1) is 7.30. The van der Waals surface area contributed by atoms with Crippen LogP contribution >= 0.6 is 0 Å². The number of urea groups is 1. The number of carbonyl (C=O) groups excluding carboxylic acids is 1. The first-order valence-electron chi connectivity index (χ1n) is 6.05. The summed E-state index contributed by atoms with van der Waals surface area (Å²) < 4.78 is 0. The van der Waals surface area contributed by atoms with Crippen molar-refractivity contribution < 1.29 is 4.79 Å². The molecule has 0 aliphatic heterocycles. The molecule has 0 rings (SSSR count). The van der Waals surface area contributed by atoms with Gasteiger partial charge in [0.15, 0.2) is 0 Å². The van der Waals surface area contributed by atoms with Crippen LogP contribution in [0.15, 0.2) is 0 Å². The van der Waals surface area contributed by atoms with Crippen molar-refractivity contribution >= 4 is 6.03 Å². The van der Waals surface area contributed by atoms with Crippen LogP contribution in [-0.2, 0) is 0 Å². The summed E-state index contributed by atoms with van der Waals surface area (Å²) in [6, 6.07) is -0.000318. The molecule has 0 radical (unpaired) electrons. The average Bonchev–Trinajstić information content (AvgIpc) is 2.16. The van der Waals surface area contributed by atoms with Gasteiger partial charge in [-0.15, -0.1) is 0 Å². The number of hydrogen-bond donors (Lipinski definition) is 1. The monoisotopic (exact) mass is 229 g/mol. The summed E-state index contributed by atoms with van der Waals surface area (Å²) in [6.07, 6.45) is 0. The first kappa shape index (κ1) is 15.2. The molecule has 96 valence electrons. The van der Waals surface area contributed by atoms with Crippen LogP contribution in [0.5, 0.6) is 0 Å². The number of nitrogens with zero attached hydrogens (tertiary/aromatic N) is 2. The maximum atomic E-state index is 11.7. The SMILES string of the molecule is CCN(CC)CCN(C)C(=O)NC(C)(C)C. The molecule has 0 bridgehead atoms. The summed E-state index contributed by atoms with van der Waals surface area (Å²) in [5, 5.41) is 2.95. The zero-order valence-corrected chi connectivity index (χ0v) is 11.6. The Bertz CT molecular complexity index is 207. The van der Waals surface area contributed by atoms with E-state index in [1.54, 1.807) is 4.90 Å². The molecule has 0 aromatic heterocycles. The van der Waals surface area contributed by atoms with Gasteiger partial charge < -0.3 is 15.1 Å². The van der Waals surface area contributed by atoms with Crippen LogP contribution in [0.2, 0.25) is 0 Å². The smallest absolute Gasteiger partial charge is 0.317 e. The summed E-state index contributed by atoms with van der Waals surface area (Å²) in [7, 11) is 1.84. The van der Waals surface area contributed by atoms with E-state index in [1.165, 1.54) is 0 Å². The Morgan fingerprint density at radius 1 is 1.12 bits per heavy atom. The van der Waals surface area contributed by atoms with Gasteiger partial charge in [-0.25, -0.2) is 4.79 Å². The number of carbonyl (C=O) groups is 1. The van der Waals surface area contributed by atoms with Crippen molar-refractivity contribution in [2.45, 2.75) is 40.2 Å². The Hall–Kier alpha value is -0.770. The number of likely N-dealkylation sites (N-methyl/N-ethyl adjacent to an activating group) is 2. The van der Waals surface area contributed by atoms with E-state index in [4.69, 9.17) is 0 Å². The molecule has 0 saturated heterocycles. The molecular weight excluding hydrogens is 202 g/mol. The highest BCUT2D eigenvalue weighted by Gasteiger charge is 2.16. The zero-order chi connectivity index (χ0) is 12.8. The minimum absolute atomic E-state index is 0.000318. The number of amides is 2. The third kappa shape index (κ3) is 6.67. The van der Waals surface area contributed by atoms with Crippen molar-refractivity contribution in [3.8, 4) is 0 Å². The van der Waals surface area contributed by atoms with E-state index < -0.39 is 0 Å². The second-order valence-electron chi connectivity index (χ2n) is 5.13. The summed E-state index contributed by atoms with van der Waals surface area (Å²) in [5.41, 5.74) is -0.166. The molecule has 0 atom stereocenters. The number of rotatable bonds is 5. The molecule has 4 heteroatoms. The summed E-state index contributed by atoms with van der Waals surface area (Å²) in [4.78, 5) is 15.8. The molecule has 0 unspecified atom stereocenters. The molecule has 0 aromatic carbocycles. The molecule has 16 heavy (non-hydrogen) atoms. The summed E-state index contributed by atoms with van der Waals surface area (Å²) in [5.74, 6) is 0. The normalized spacial score (nSPS) is 11.7. The van der Waals surface area contributed by atoms with E-state index >= 15 is 0 Å². The molecule has 0 fully saturated rings. The van der Waals surface area contributed by atoms with Crippen molar-refractivity contribution in [1.82, 2.24) is 15.1 Å². The summed E-state index contributed by atoms with van der Waals surface area (Å²) >= 11 is 0. The van der Waals surface area contributed by atoms with Crippen LogP contribution in [-0.4, -0.2) is 54.6 Å². The molecular formula is C12H27N3O. The van der Waals surface area contributed by atoms with Crippen LogP contribution in [0.1, 0.15) is 34.6 Å². The van der Waals surface area contributed by atoms with Gasteiger partial charge >= 0.3 is 6.03 Å². The van der Waals surface area contributed by atoms with Gasteiger partial charge in [0.25, 0.3) is 0 Å². The third-order valence-electron chi connectivity index (χ3n) is 2.47. The van der Waals surface area contributed by atoms with Crippen LogP contribution in [0.3, 0.4) is 0 Å². The fourth-order valence-electron chi connectivity index (χ4n) is 1.35. The Kier molecular flexibility index (Phi) is 6.41. The first-order valence-corrected chi connectivity index (χ1v) is 6.05. The Labute approximate surface area is 100.0 Å². The van der Waals surface area contributed by atoms with Gasteiger partial charge in [0.2, 0.25) is 0 Å². The van der Waals surface area contributed by atoms with Crippen molar-refractivity contribution in [1.29, 1.82) is 0 Å². The van der Waals surface area contributed by atoms with Crippen LogP contribution in [0, 0.1) is 0 Å². The Balaban J connectivity index is 3.97. The molecule has 0 saturated carbocycles. The third-order valence-corrected chi connectivity index (χ3v) is 2.47. The molecule has 0 spiro atoms. The van der Waals surface area contributed by atoms with E-state index in [2.05, 4.69) is 24.1 Å². The number of hydrogen-bond acceptors (Lipinski definition) is 2. The predicted molar refractivity (Wildman–Crippen MR) is 68.7 cm³/mol. The van der Waals surface area contributed by atoms with Crippen LogP contribution in [0.4, 0.5) is 4.79 Å². The molecule has 0 aromatic rings. The van der Waals surface area contributed by atoms with E-state index in [0.717, 1.165) is 26.2 Å². The lowest BCUT2D eigenvalue weighted by Gasteiger charge is -2.27. The molecule has 0 aliphatic carbocycles. The fraction of sp³-hybridized carbons (Fsp3) is 0.917. The van der Waals surface area contributed by atoms with Crippen molar-refractivity contribution in [3.63, 3.8) is 0 Å². The highest BCUT2D eigenvalue weighted by molar-refractivity contribution is 5.74. The largest absolute Gasteiger partial charge is 0.333 e. The van der Waals surface area contributed by atoms with Gasteiger partial charge in [-0.1, -0.05) is 13.8 Å². The lowest BCUT2D eigenvalue weighted by Crippen LogP contribution is -2.48. The molecule has 0 heterocycles. The van der Waals surface area contributed by atoms with Gasteiger partial charge in [-0.2, -0.15) is 0 Å². The van der Waals surface area contributed by atoms with Crippen molar-refractivity contribution in [2.24, 2.45) is 0 Å². The van der Waals surface area contributed by atoms with Crippen molar-refractivity contribution in [3.05, 3.63) is 0 Å². The van der Waals surface area contributed by atoms with E-state index in [1.807, 2.05) is 27.8 Å². The lowest BCUT2D eigenvalue weighted by molar-refractivity contribution is 0.189. The van der Waals surface area contributed by atoms with Gasteiger partial charge in [-0.05, 0) is 33.9 Å². The van der Waals surface area contributed by atoms with E-state index in [0.29, 0.717) is 0 Å². The topological polar surface area (TPSA) is 35.6 Å². The van der Waals surface area contributed by atoms with Crippen LogP contribution < -0.4 is 5.32 Å². The quantitative estimate of drug-likeness (QED) is 0.780.